The molecule has 0 unspecified atom stereocenters. The van der Waals surface area contributed by atoms with Crippen LogP contribution in [0.15, 0.2) is 12.3 Å². The van der Waals surface area contributed by atoms with Crippen LogP contribution >= 0.6 is 0 Å². The van der Waals surface area contributed by atoms with E-state index < -0.39 is 0 Å². The van der Waals surface area contributed by atoms with Gasteiger partial charge in [-0.2, -0.15) is 0 Å². The van der Waals surface area contributed by atoms with E-state index in [4.69, 9.17) is 5.11 Å². The van der Waals surface area contributed by atoms with Crippen LogP contribution in [0.3, 0.4) is 0 Å². The summed E-state index contributed by atoms with van der Waals surface area (Å²) in [5.74, 6) is 0.345. The second-order valence-electron chi connectivity index (χ2n) is 5.21. The topological polar surface area (TPSA) is 20.2 Å². The number of allylic oxidation sites excluding steroid dienone is 1. The van der Waals surface area contributed by atoms with Gasteiger partial charge < -0.3 is 6.53 Å². The van der Waals surface area contributed by atoms with Crippen LogP contribution in [-0.4, -0.2) is 5.11 Å². The van der Waals surface area contributed by atoms with Gasteiger partial charge in [-0.1, -0.05) is 84.1 Å². The molecule has 0 radical (unpaired) electrons. The molecule has 0 atom stereocenters. The van der Waals surface area contributed by atoms with Gasteiger partial charge in [-0.3, -0.25) is 0 Å². The fourth-order valence-corrected chi connectivity index (χ4v) is 2.17. The minimum Gasteiger partial charge on any atom is -1.00 e. The third-order valence-corrected chi connectivity index (χ3v) is 3.32. The van der Waals surface area contributed by atoms with E-state index >= 15 is 0 Å². The average Bonchev–Trinajstić information content (AvgIpc) is 2.30. The molecule has 0 fully saturated rings. The predicted octanol–water partition coefficient (Wildman–Crippen LogP) is 3.27. The maximum atomic E-state index is 8.92. The number of unbranched alkanes of at least 4 members (excludes halogenated alkanes) is 11. The van der Waals surface area contributed by atoms with Gasteiger partial charge in [0.25, 0.3) is 0 Å². The molecule has 0 aliphatic rings. The first-order chi connectivity index (χ1) is 8.27. The molecule has 18 heavy (non-hydrogen) atoms. The third kappa shape index (κ3) is 18.9. The minimum absolute atomic E-state index is 0. The Balaban J connectivity index is -0.00000128. The van der Waals surface area contributed by atoms with Gasteiger partial charge in [-0.05, 0) is 6.42 Å². The van der Waals surface area contributed by atoms with Gasteiger partial charge in [0.1, 0.15) is 0 Å². The maximum Gasteiger partial charge on any atom is 1.00 e. The van der Waals surface area contributed by atoms with Gasteiger partial charge in [-0.25, -0.2) is 0 Å². The summed E-state index contributed by atoms with van der Waals surface area (Å²) in [5.41, 5.74) is 0. The van der Waals surface area contributed by atoms with Crippen molar-refractivity contribution in [2.45, 2.75) is 90.4 Å². The summed E-state index contributed by atoms with van der Waals surface area (Å²) in [7, 11) is 0. The van der Waals surface area contributed by atoms with Crippen LogP contribution < -0.4 is 29.6 Å². The van der Waals surface area contributed by atoms with Crippen molar-refractivity contribution in [1.29, 1.82) is 0 Å². The van der Waals surface area contributed by atoms with Gasteiger partial charge in [0.15, 0.2) is 0 Å². The zero-order chi connectivity index (χ0) is 12.8. The predicted molar refractivity (Wildman–Crippen MR) is 78.6 cm³/mol. The van der Waals surface area contributed by atoms with Crippen molar-refractivity contribution < 1.29 is 36.1 Å². The Morgan fingerprint density at radius 2 is 1.11 bits per heavy atom. The van der Waals surface area contributed by atoms with Crippen LogP contribution in [0.2, 0.25) is 0 Å². The second-order valence-corrected chi connectivity index (χ2v) is 5.21. The number of aliphatic hydroxyl groups excluding tert-OH is 1. The third-order valence-electron chi connectivity index (χ3n) is 3.32. The van der Waals surface area contributed by atoms with E-state index in [1.165, 1.54) is 70.6 Å². The van der Waals surface area contributed by atoms with Crippen molar-refractivity contribution in [1.82, 2.24) is 0 Å². The number of aliphatic hydroxyl groups is 1. The van der Waals surface area contributed by atoms with Crippen molar-refractivity contribution in [3.63, 3.8) is 0 Å². The SMILES string of the molecule is C=C(O)CCCCCCCCCCCCCC.[H-].[Na+]. The number of hydrogen-bond acceptors (Lipinski definition) is 1. The van der Waals surface area contributed by atoms with E-state index in [1.54, 1.807) is 0 Å². The Hall–Kier alpha value is 0.540. The molecule has 1 nitrogen and oxygen atoms in total. The van der Waals surface area contributed by atoms with Gasteiger partial charge in [0, 0.05) is 6.42 Å². The normalized spacial score (nSPS) is 10.1. The minimum atomic E-state index is 0. The van der Waals surface area contributed by atoms with Crippen LogP contribution in [0.5, 0.6) is 0 Å². The fraction of sp³-hybridized carbons (Fsp3) is 0.875. The number of hydrogen-bond donors (Lipinski definition) is 1. The molecule has 0 amide bonds. The van der Waals surface area contributed by atoms with Gasteiger partial charge in [0.2, 0.25) is 0 Å². The Bertz CT molecular complexity index is 174. The molecular formula is C16H33NaO. The first-order valence-corrected chi connectivity index (χ1v) is 7.64. The van der Waals surface area contributed by atoms with Crippen LogP contribution in [0.1, 0.15) is 91.8 Å². The average molecular weight is 264 g/mol. The molecule has 0 spiro atoms. The summed E-state index contributed by atoms with van der Waals surface area (Å²) < 4.78 is 0. The molecule has 0 aliphatic carbocycles. The summed E-state index contributed by atoms with van der Waals surface area (Å²) in [6.07, 6.45) is 17.1. The molecule has 0 aromatic rings. The molecule has 2 heteroatoms. The zero-order valence-electron chi connectivity index (χ0n) is 13.8. The Morgan fingerprint density at radius 3 is 1.44 bits per heavy atom. The van der Waals surface area contributed by atoms with Crippen molar-refractivity contribution in [3.05, 3.63) is 12.3 Å². The molecule has 0 saturated heterocycles. The van der Waals surface area contributed by atoms with Crippen LogP contribution in [0.4, 0.5) is 0 Å². The van der Waals surface area contributed by atoms with Crippen molar-refractivity contribution in [2.24, 2.45) is 0 Å². The Morgan fingerprint density at radius 1 is 0.778 bits per heavy atom. The number of rotatable bonds is 13. The smallest absolute Gasteiger partial charge is 1.00 e. The Kier molecular flexibility index (Phi) is 20.3. The molecule has 0 rings (SSSR count). The summed E-state index contributed by atoms with van der Waals surface area (Å²) >= 11 is 0. The van der Waals surface area contributed by atoms with Crippen molar-refractivity contribution >= 4 is 0 Å². The summed E-state index contributed by atoms with van der Waals surface area (Å²) in [6.45, 7) is 5.77. The van der Waals surface area contributed by atoms with E-state index in [0.717, 1.165) is 12.8 Å². The molecule has 0 aromatic carbocycles. The van der Waals surface area contributed by atoms with Crippen molar-refractivity contribution in [2.75, 3.05) is 0 Å². The molecule has 0 saturated carbocycles. The quantitative estimate of drug-likeness (QED) is 0.307. The van der Waals surface area contributed by atoms with Crippen LogP contribution in [0.25, 0.3) is 0 Å². The largest absolute Gasteiger partial charge is 1.00 e. The van der Waals surface area contributed by atoms with E-state index in [2.05, 4.69) is 13.5 Å². The molecule has 104 valence electrons. The van der Waals surface area contributed by atoms with E-state index in [0.29, 0.717) is 5.76 Å². The van der Waals surface area contributed by atoms with Gasteiger partial charge in [-0.15, -0.1) is 0 Å². The summed E-state index contributed by atoms with van der Waals surface area (Å²) in [4.78, 5) is 0. The molecular weight excluding hydrogens is 231 g/mol. The van der Waals surface area contributed by atoms with Crippen LogP contribution in [-0.2, 0) is 0 Å². The van der Waals surface area contributed by atoms with E-state index in [1.807, 2.05) is 0 Å². The molecule has 1 N–H and O–H groups in total. The standard InChI is InChI=1S/C16H32O.Na.H/c1-3-4-5-6-7-8-9-10-11-12-13-14-15-16(2)17;;/h17H,2-15H2,1H3;;/q;+1;-1. The molecule has 0 aromatic heterocycles. The van der Waals surface area contributed by atoms with Gasteiger partial charge >= 0.3 is 29.6 Å². The second kappa shape index (κ2) is 17.5. The molecule has 0 aliphatic heterocycles. The Labute approximate surface area is 138 Å². The monoisotopic (exact) mass is 264 g/mol. The zero-order valence-corrected chi connectivity index (χ0v) is 14.8. The summed E-state index contributed by atoms with van der Waals surface area (Å²) in [5, 5.41) is 8.92. The van der Waals surface area contributed by atoms with Gasteiger partial charge in [0.05, 0.1) is 5.76 Å². The van der Waals surface area contributed by atoms with Crippen LogP contribution in [0, 0.1) is 0 Å². The first-order valence-electron chi connectivity index (χ1n) is 7.64. The summed E-state index contributed by atoms with van der Waals surface area (Å²) in [6, 6.07) is 0. The fourth-order valence-electron chi connectivity index (χ4n) is 2.17. The maximum absolute atomic E-state index is 8.92. The van der Waals surface area contributed by atoms with E-state index in [-0.39, 0.29) is 31.0 Å². The first kappa shape index (κ1) is 20.8. The van der Waals surface area contributed by atoms with Crippen molar-refractivity contribution in [3.8, 4) is 0 Å². The molecule has 0 bridgehead atoms. The molecule has 0 heterocycles. The van der Waals surface area contributed by atoms with E-state index in [9.17, 15) is 0 Å².